The van der Waals surface area contributed by atoms with Gasteiger partial charge in [-0.15, -0.1) is 0 Å². The van der Waals surface area contributed by atoms with E-state index in [4.69, 9.17) is 16.7 Å². The standard InChI is InChI=1S/C11H13ClO3/c1-7-5-10(13)8(6-9(7)12)3-2-4-11(14)15/h5-6,13H,2-4H2,1H3,(H,14,15). The second-order valence-electron chi connectivity index (χ2n) is 3.48. The van der Waals surface area contributed by atoms with Crippen molar-refractivity contribution in [3.05, 3.63) is 28.3 Å². The summed E-state index contributed by atoms with van der Waals surface area (Å²) in [5.74, 6) is -0.644. The van der Waals surface area contributed by atoms with E-state index in [2.05, 4.69) is 0 Å². The van der Waals surface area contributed by atoms with Crippen LogP contribution in [0.3, 0.4) is 0 Å². The molecule has 0 bridgehead atoms. The normalized spacial score (nSPS) is 10.3. The average molecular weight is 229 g/mol. The number of halogens is 1. The molecule has 1 aromatic carbocycles. The molecule has 4 heteroatoms. The van der Waals surface area contributed by atoms with Gasteiger partial charge >= 0.3 is 5.97 Å². The monoisotopic (exact) mass is 228 g/mol. The zero-order valence-electron chi connectivity index (χ0n) is 8.46. The maximum absolute atomic E-state index is 10.3. The third-order valence-electron chi connectivity index (χ3n) is 2.20. The van der Waals surface area contributed by atoms with Crippen molar-refractivity contribution in [3.63, 3.8) is 0 Å². The van der Waals surface area contributed by atoms with E-state index in [-0.39, 0.29) is 12.2 Å². The summed E-state index contributed by atoms with van der Waals surface area (Å²) < 4.78 is 0. The van der Waals surface area contributed by atoms with Crippen LogP contribution in [0.5, 0.6) is 5.75 Å². The Bertz CT molecular complexity index is 374. The molecular weight excluding hydrogens is 216 g/mol. The number of phenolic OH excluding ortho intramolecular Hbond substituents is 1. The van der Waals surface area contributed by atoms with Crippen molar-refractivity contribution < 1.29 is 15.0 Å². The maximum Gasteiger partial charge on any atom is 0.303 e. The number of carbonyl (C=O) groups is 1. The van der Waals surface area contributed by atoms with Gasteiger partial charge in [0, 0.05) is 11.4 Å². The number of aliphatic carboxylic acids is 1. The first-order valence-electron chi connectivity index (χ1n) is 4.70. The van der Waals surface area contributed by atoms with Crippen molar-refractivity contribution in [1.29, 1.82) is 0 Å². The highest BCUT2D eigenvalue weighted by molar-refractivity contribution is 6.31. The van der Waals surface area contributed by atoms with Gasteiger partial charge < -0.3 is 10.2 Å². The topological polar surface area (TPSA) is 57.5 Å². The number of aryl methyl sites for hydroxylation is 2. The Kier molecular flexibility index (Phi) is 3.97. The van der Waals surface area contributed by atoms with E-state index in [9.17, 15) is 9.90 Å². The molecule has 0 amide bonds. The Hall–Kier alpha value is -1.22. The van der Waals surface area contributed by atoms with Gasteiger partial charge in [-0.1, -0.05) is 11.6 Å². The molecule has 0 aliphatic carbocycles. The zero-order chi connectivity index (χ0) is 11.4. The highest BCUT2D eigenvalue weighted by Gasteiger charge is 2.06. The SMILES string of the molecule is Cc1cc(O)c(CCCC(=O)O)cc1Cl. The average Bonchev–Trinajstić information content (AvgIpc) is 2.13. The first-order chi connectivity index (χ1) is 7.00. The lowest BCUT2D eigenvalue weighted by Gasteiger charge is -2.06. The molecule has 0 spiro atoms. The number of carboxylic acids is 1. The Balaban J connectivity index is 2.69. The fourth-order valence-corrected chi connectivity index (χ4v) is 1.52. The Morgan fingerprint density at radius 1 is 1.47 bits per heavy atom. The Labute approximate surface area is 93.3 Å². The molecule has 0 aliphatic heterocycles. The summed E-state index contributed by atoms with van der Waals surface area (Å²) in [5.41, 5.74) is 1.52. The van der Waals surface area contributed by atoms with Crippen molar-refractivity contribution in [3.8, 4) is 5.75 Å². The van der Waals surface area contributed by atoms with E-state index >= 15 is 0 Å². The van der Waals surface area contributed by atoms with Crippen LogP contribution >= 0.6 is 11.6 Å². The van der Waals surface area contributed by atoms with Gasteiger partial charge in [0.25, 0.3) is 0 Å². The van der Waals surface area contributed by atoms with Crippen molar-refractivity contribution in [2.75, 3.05) is 0 Å². The molecule has 0 fully saturated rings. The van der Waals surface area contributed by atoms with Gasteiger partial charge in [-0.05, 0) is 43.0 Å². The molecular formula is C11H13ClO3. The zero-order valence-corrected chi connectivity index (χ0v) is 9.21. The summed E-state index contributed by atoms with van der Waals surface area (Å²) in [5, 5.41) is 18.6. The number of hydrogen-bond donors (Lipinski definition) is 2. The van der Waals surface area contributed by atoms with Crippen LogP contribution in [-0.4, -0.2) is 16.2 Å². The molecule has 0 aliphatic rings. The minimum absolute atomic E-state index is 0.102. The van der Waals surface area contributed by atoms with Gasteiger partial charge in [0.05, 0.1) is 0 Å². The number of phenols is 1. The molecule has 0 saturated carbocycles. The van der Waals surface area contributed by atoms with Crippen LogP contribution in [-0.2, 0) is 11.2 Å². The molecule has 0 radical (unpaired) electrons. The Morgan fingerprint density at radius 2 is 2.13 bits per heavy atom. The molecule has 0 aromatic heterocycles. The first kappa shape index (κ1) is 11.9. The van der Waals surface area contributed by atoms with E-state index < -0.39 is 5.97 Å². The van der Waals surface area contributed by atoms with E-state index in [0.717, 1.165) is 5.56 Å². The third kappa shape index (κ3) is 3.44. The van der Waals surface area contributed by atoms with Gasteiger partial charge in [0.15, 0.2) is 0 Å². The molecule has 1 rings (SSSR count). The van der Waals surface area contributed by atoms with Gasteiger partial charge in [-0.3, -0.25) is 4.79 Å². The number of benzene rings is 1. The molecule has 3 nitrogen and oxygen atoms in total. The highest BCUT2D eigenvalue weighted by Crippen LogP contribution is 2.26. The van der Waals surface area contributed by atoms with Crippen LogP contribution in [0.25, 0.3) is 0 Å². The maximum atomic E-state index is 10.3. The van der Waals surface area contributed by atoms with Crippen molar-refractivity contribution in [2.24, 2.45) is 0 Å². The van der Waals surface area contributed by atoms with E-state index in [1.807, 2.05) is 6.92 Å². The molecule has 0 saturated heterocycles. The van der Waals surface area contributed by atoms with Crippen LogP contribution in [0.1, 0.15) is 24.0 Å². The summed E-state index contributed by atoms with van der Waals surface area (Å²) in [6, 6.07) is 3.28. The fourth-order valence-electron chi connectivity index (χ4n) is 1.34. The van der Waals surface area contributed by atoms with Gasteiger partial charge in [-0.25, -0.2) is 0 Å². The third-order valence-corrected chi connectivity index (χ3v) is 2.60. The molecule has 0 unspecified atom stereocenters. The van der Waals surface area contributed by atoms with E-state index in [1.165, 1.54) is 0 Å². The van der Waals surface area contributed by atoms with Gasteiger partial charge in [0.1, 0.15) is 5.75 Å². The van der Waals surface area contributed by atoms with Crippen LogP contribution in [0.15, 0.2) is 12.1 Å². The lowest BCUT2D eigenvalue weighted by Crippen LogP contribution is -1.96. The summed E-state index contributed by atoms with van der Waals surface area (Å²) in [4.78, 5) is 10.3. The minimum Gasteiger partial charge on any atom is -0.508 e. The van der Waals surface area contributed by atoms with Gasteiger partial charge in [-0.2, -0.15) is 0 Å². The van der Waals surface area contributed by atoms with Crippen molar-refractivity contribution >= 4 is 17.6 Å². The largest absolute Gasteiger partial charge is 0.508 e. The lowest BCUT2D eigenvalue weighted by atomic mass is 10.1. The molecule has 1 aromatic rings. The number of hydrogen-bond acceptors (Lipinski definition) is 2. The number of aromatic hydroxyl groups is 1. The minimum atomic E-state index is -0.826. The van der Waals surface area contributed by atoms with Crippen LogP contribution in [0.4, 0.5) is 0 Å². The highest BCUT2D eigenvalue weighted by atomic mass is 35.5. The first-order valence-corrected chi connectivity index (χ1v) is 5.08. The van der Waals surface area contributed by atoms with Crippen LogP contribution in [0.2, 0.25) is 5.02 Å². The second kappa shape index (κ2) is 5.03. The summed E-state index contributed by atoms with van der Waals surface area (Å²) in [7, 11) is 0. The van der Waals surface area contributed by atoms with Gasteiger partial charge in [0.2, 0.25) is 0 Å². The second-order valence-corrected chi connectivity index (χ2v) is 3.88. The predicted molar refractivity (Wildman–Crippen MR) is 58.4 cm³/mol. The van der Waals surface area contributed by atoms with Crippen LogP contribution in [0, 0.1) is 6.92 Å². The summed E-state index contributed by atoms with van der Waals surface area (Å²) in [6.07, 6.45) is 1.13. The molecule has 0 heterocycles. The van der Waals surface area contributed by atoms with E-state index in [1.54, 1.807) is 12.1 Å². The number of rotatable bonds is 4. The molecule has 0 atom stereocenters. The number of carboxylic acid groups (broad SMARTS) is 1. The Morgan fingerprint density at radius 3 is 2.73 bits per heavy atom. The van der Waals surface area contributed by atoms with Crippen LogP contribution < -0.4 is 0 Å². The summed E-state index contributed by atoms with van der Waals surface area (Å²) >= 11 is 5.90. The molecule has 15 heavy (non-hydrogen) atoms. The predicted octanol–water partition coefficient (Wildman–Crippen LogP) is 2.76. The summed E-state index contributed by atoms with van der Waals surface area (Å²) in [6.45, 7) is 1.81. The molecule has 2 N–H and O–H groups in total. The molecule has 82 valence electrons. The van der Waals surface area contributed by atoms with E-state index in [0.29, 0.717) is 23.4 Å². The van der Waals surface area contributed by atoms with Crippen molar-refractivity contribution in [2.45, 2.75) is 26.2 Å². The van der Waals surface area contributed by atoms with Crippen molar-refractivity contribution in [1.82, 2.24) is 0 Å². The quantitative estimate of drug-likeness (QED) is 0.833. The smallest absolute Gasteiger partial charge is 0.303 e. The lowest BCUT2D eigenvalue weighted by molar-refractivity contribution is -0.137. The fraction of sp³-hybridized carbons (Fsp3) is 0.364.